The molecule has 0 saturated carbocycles. The van der Waals surface area contributed by atoms with Crippen molar-refractivity contribution in [2.45, 2.75) is 24.3 Å². The molecule has 2 aliphatic heterocycles. The van der Waals surface area contributed by atoms with Gasteiger partial charge in [-0.3, -0.25) is 4.79 Å². The molecule has 15 heavy (non-hydrogen) atoms. The quantitative estimate of drug-likeness (QED) is 0.722. The molecule has 0 aromatic rings. The summed E-state index contributed by atoms with van der Waals surface area (Å²) >= 11 is 3.62. The van der Waals surface area contributed by atoms with Gasteiger partial charge in [0, 0.05) is 24.6 Å². The average molecular weight is 248 g/mol. The van der Waals surface area contributed by atoms with Crippen LogP contribution < -0.4 is 5.32 Å². The van der Waals surface area contributed by atoms with Gasteiger partial charge in [-0.25, -0.2) is 4.31 Å². The van der Waals surface area contributed by atoms with Crippen LogP contribution in [0.5, 0.6) is 0 Å². The van der Waals surface area contributed by atoms with Gasteiger partial charge in [0.25, 0.3) is 0 Å². The highest BCUT2D eigenvalue weighted by Gasteiger charge is 2.33. The summed E-state index contributed by atoms with van der Waals surface area (Å²) in [5.41, 5.74) is 0. The number of carboxylic acids is 1. The minimum absolute atomic E-state index is 0.274. The summed E-state index contributed by atoms with van der Waals surface area (Å²) < 4.78 is 2.03. The molecule has 2 fully saturated rings. The summed E-state index contributed by atoms with van der Waals surface area (Å²) in [6.45, 7) is 1.94. The summed E-state index contributed by atoms with van der Waals surface area (Å²) in [7, 11) is 0. The van der Waals surface area contributed by atoms with E-state index in [1.807, 2.05) is 16.1 Å². The Bertz CT molecular complexity index is 234. The Balaban J connectivity index is 1.84. The SMILES string of the molecule is O=C(O)[C@@H]1CCCN1SC1CSCCN1. The van der Waals surface area contributed by atoms with Crippen LogP contribution in [-0.2, 0) is 4.79 Å². The molecule has 2 aliphatic rings. The number of hydrogen-bond acceptors (Lipinski definition) is 5. The molecule has 0 bridgehead atoms. The summed E-state index contributed by atoms with van der Waals surface area (Å²) in [5, 5.41) is 12.8. The molecule has 2 saturated heterocycles. The Hall–Kier alpha value is 0.0900. The van der Waals surface area contributed by atoms with E-state index in [1.165, 1.54) is 5.75 Å². The predicted octanol–water partition coefficient (Wildman–Crippen LogP) is 0.846. The van der Waals surface area contributed by atoms with Crippen LogP contribution >= 0.6 is 23.7 Å². The van der Waals surface area contributed by atoms with Gasteiger partial charge in [-0.2, -0.15) is 11.8 Å². The van der Waals surface area contributed by atoms with Crippen molar-refractivity contribution in [2.24, 2.45) is 0 Å². The predicted molar refractivity (Wildman–Crippen MR) is 64.1 cm³/mol. The Morgan fingerprint density at radius 1 is 1.60 bits per heavy atom. The normalized spacial score (nSPS) is 33.1. The molecule has 0 radical (unpaired) electrons. The van der Waals surface area contributed by atoms with Crippen molar-refractivity contribution in [1.82, 2.24) is 9.62 Å². The summed E-state index contributed by atoms with van der Waals surface area (Å²) in [6, 6.07) is -0.274. The smallest absolute Gasteiger partial charge is 0.321 e. The molecule has 2 N–H and O–H groups in total. The van der Waals surface area contributed by atoms with Crippen LogP contribution in [0.1, 0.15) is 12.8 Å². The highest BCUT2D eigenvalue weighted by molar-refractivity contribution is 8.02. The van der Waals surface area contributed by atoms with Crippen molar-refractivity contribution >= 4 is 29.7 Å². The number of carboxylic acid groups (broad SMARTS) is 1. The Morgan fingerprint density at radius 2 is 2.47 bits per heavy atom. The average Bonchev–Trinajstić information content (AvgIpc) is 2.67. The van der Waals surface area contributed by atoms with Gasteiger partial charge < -0.3 is 10.4 Å². The van der Waals surface area contributed by atoms with Gasteiger partial charge in [0.05, 0.1) is 5.37 Å². The largest absolute Gasteiger partial charge is 0.480 e. The maximum absolute atomic E-state index is 11.0. The van der Waals surface area contributed by atoms with E-state index in [0.29, 0.717) is 5.37 Å². The van der Waals surface area contributed by atoms with Crippen LogP contribution in [0, 0.1) is 0 Å². The van der Waals surface area contributed by atoms with Gasteiger partial charge in [-0.15, -0.1) is 0 Å². The van der Waals surface area contributed by atoms with Gasteiger partial charge in [-0.05, 0) is 12.8 Å². The molecule has 86 valence electrons. The van der Waals surface area contributed by atoms with Gasteiger partial charge in [0.1, 0.15) is 6.04 Å². The minimum Gasteiger partial charge on any atom is -0.480 e. The standard InChI is InChI=1S/C9H16N2O2S2/c12-9(13)7-2-1-4-11(7)15-8-6-14-5-3-10-8/h7-8,10H,1-6H2,(H,12,13)/t7-,8?/m0/s1. The number of nitrogens with zero attached hydrogens (tertiary/aromatic N) is 1. The molecule has 2 atom stereocenters. The number of hydrogen-bond donors (Lipinski definition) is 2. The highest BCUT2D eigenvalue weighted by atomic mass is 32.2. The second kappa shape index (κ2) is 5.43. The molecule has 0 aliphatic carbocycles. The maximum atomic E-state index is 11.0. The van der Waals surface area contributed by atoms with E-state index >= 15 is 0 Å². The molecule has 0 aromatic heterocycles. The Labute approximate surface area is 98.3 Å². The fourth-order valence-corrected chi connectivity index (χ4v) is 4.27. The minimum atomic E-state index is -0.677. The summed E-state index contributed by atoms with van der Waals surface area (Å²) in [5.74, 6) is 1.57. The third kappa shape index (κ3) is 3.03. The fraction of sp³-hybridized carbons (Fsp3) is 0.889. The number of aliphatic carboxylic acids is 1. The zero-order valence-corrected chi connectivity index (χ0v) is 10.1. The monoisotopic (exact) mass is 248 g/mol. The number of nitrogens with one attached hydrogen (secondary N) is 1. The zero-order valence-electron chi connectivity index (χ0n) is 8.52. The van der Waals surface area contributed by atoms with Crippen molar-refractivity contribution in [3.05, 3.63) is 0 Å². The molecule has 0 amide bonds. The van der Waals surface area contributed by atoms with Crippen molar-refractivity contribution in [3.63, 3.8) is 0 Å². The summed E-state index contributed by atoms with van der Waals surface area (Å²) in [6.07, 6.45) is 1.80. The summed E-state index contributed by atoms with van der Waals surface area (Å²) in [4.78, 5) is 11.0. The van der Waals surface area contributed by atoms with E-state index in [9.17, 15) is 4.79 Å². The number of carbonyl (C=O) groups is 1. The molecule has 1 unspecified atom stereocenters. The Morgan fingerprint density at radius 3 is 3.13 bits per heavy atom. The van der Waals surface area contributed by atoms with Crippen LogP contribution in [-0.4, -0.2) is 51.4 Å². The van der Waals surface area contributed by atoms with Crippen molar-refractivity contribution < 1.29 is 9.90 Å². The first-order valence-corrected chi connectivity index (χ1v) is 7.24. The number of rotatable bonds is 3. The molecule has 2 heterocycles. The molecular formula is C9H16N2O2S2. The second-order valence-electron chi connectivity index (χ2n) is 3.76. The van der Waals surface area contributed by atoms with E-state index in [4.69, 9.17) is 5.11 Å². The molecular weight excluding hydrogens is 232 g/mol. The lowest BCUT2D eigenvalue weighted by Crippen LogP contribution is -2.40. The molecule has 4 nitrogen and oxygen atoms in total. The van der Waals surface area contributed by atoms with Gasteiger partial charge in [-0.1, -0.05) is 11.9 Å². The van der Waals surface area contributed by atoms with Crippen LogP contribution in [0.4, 0.5) is 0 Å². The van der Waals surface area contributed by atoms with Crippen molar-refractivity contribution in [3.8, 4) is 0 Å². The van der Waals surface area contributed by atoms with Gasteiger partial charge in [0.15, 0.2) is 0 Å². The maximum Gasteiger partial charge on any atom is 0.321 e. The fourth-order valence-electron chi connectivity index (χ4n) is 1.89. The molecule has 0 aromatic carbocycles. The van der Waals surface area contributed by atoms with E-state index in [2.05, 4.69) is 5.32 Å². The molecule has 6 heteroatoms. The van der Waals surface area contributed by atoms with Crippen LogP contribution in [0.2, 0.25) is 0 Å². The van der Waals surface area contributed by atoms with Crippen LogP contribution in [0.25, 0.3) is 0 Å². The van der Waals surface area contributed by atoms with Crippen molar-refractivity contribution in [2.75, 3.05) is 24.6 Å². The van der Waals surface area contributed by atoms with Crippen LogP contribution in [0.3, 0.4) is 0 Å². The van der Waals surface area contributed by atoms with Crippen molar-refractivity contribution in [1.29, 1.82) is 0 Å². The first-order valence-electron chi connectivity index (χ1n) is 5.25. The topological polar surface area (TPSA) is 52.6 Å². The molecule has 0 spiro atoms. The first-order chi connectivity index (χ1) is 7.27. The third-order valence-electron chi connectivity index (χ3n) is 2.64. The lowest BCUT2D eigenvalue weighted by molar-refractivity contribution is -0.140. The van der Waals surface area contributed by atoms with E-state index in [0.717, 1.165) is 31.7 Å². The second-order valence-corrected chi connectivity index (χ2v) is 6.16. The van der Waals surface area contributed by atoms with Gasteiger partial charge >= 0.3 is 5.97 Å². The van der Waals surface area contributed by atoms with E-state index in [1.54, 1.807) is 11.9 Å². The lowest BCUT2D eigenvalue weighted by Gasteiger charge is -2.28. The van der Waals surface area contributed by atoms with E-state index in [-0.39, 0.29) is 6.04 Å². The van der Waals surface area contributed by atoms with Gasteiger partial charge in [0.2, 0.25) is 0 Å². The lowest BCUT2D eigenvalue weighted by atomic mass is 10.2. The zero-order chi connectivity index (χ0) is 10.7. The third-order valence-corrected chi connectivity index (χ3v) is 5.21. The first kappa shape index (κ1) is 11.6. The van der Waals surface area contributed by atoms with Crippen LogP contribution in [0.15, 0.2) is 0 Å². The molecule has 2 rings (SSSR count). The number of thioether (sulfide) groups is 1. The highest BCUT2D eigenvalue weighted by Crippen LogP contribution is 2.29. The Kier molecular flexibility index (Phi) is 4.19. The van der Waals surface area contributed by atoms with E-state index < -0.39 is 5.97 Å².